The van der Waals surface area contributed by atoms with Gasteiger partial charge >= 0.3 is 0 Å². The number of hydrogen-bond donors (Lipinski definition) is 0. The zero-order chi connectivity index (χ0) is 14.2. The summed E-state index contributed by atoms with van der Waals surface area (Å²) in [7, 11) is 0. The Bertz CT molecular complexity index is 457. The topological polar surface area (TPSA) is 25.2 Å². The van der Waals surface area contributed by atoms with Crippen molar-refractivity contribution in [2.24, 2.45) is 0 Å². The van der Waals surface area contributed by atoms with Gasteiger partial charge < -0.3 is 9.47 Å². The summed E-state index contributed by atoms with van der Waals surface area (Å²) in [6.45, 7) is 8.52. The maximum Gasteiger partial charge on any atom is 0.271 e. The van der Waals surface area contributed by atoms with Crippen LogP contribution in [-0.4, -0.2) is 27.5 Å². The molecule has 0 N–H and O–H groups in total. The fourth-order valence-electron chi connectivity index (χ4n) is 3.00. The Kier molecular flexibility index (Phi) is 4.39. The molecule has 2 heterocycles. The molecule has 1 aromatic heterocycles. The zero-order valence-electron chi connectivity index (χ0n) is 12.2. The Morgan fingerprint density at radius 3 is 2.42 bits per heavy atom. The predicted octanol–water partition coefficient (Wildman–Crippen LogP) is 4.23. The summed E-state index contributed by atoms with van der Waals surface area (Å²) in [6.07, 6.45) is 5.44. The fraction of sp³-hybridized carbons (Fsp3) is 0.667. The number of piperidine rings is 1. The van der Waals surface area contributed by atoms with Crippen LogP contribution in [0.15, 0.2) is 16.7 Å². The van der Waals surface area contributed by atoms with Gasteiger partial charge in [0.1, 0.15) is 5.69 Å². The number of rotatable bonds is 2. The van der Waals surface area contributed by atoms with Crippen molar-refractivity contribution in [3.05, 3.63) is 22.4 Å². The number of hydrogen-bond acceptors (Lipinski definition) is 1. The van der Waals surface area contributed by atoms with E-state index < -0.39 is 0 Å². The van der Waals surface area contributed by atoms with E-state index in [1.807, 2.05) is 12.3 Å². The van der Waals surface area contributed by atoms with E-state index in [4.69, 9.17) is 0 Å². The minimum absolute atomic E-state index is 0.166. The lowest BCUT2D eigenvalue weighted by molar-refractivity contribution is 0.0498. The van der Waals surface area contributed by atoms with Crippen molar-refractivity contribution in [2.75, 3.05) is 0 Å². The van der Waals surface area contributed by atoms with E-state index in [1.54, 1.807) is 0 Å². The van der Waals surface area contributed by atoms with Gasteiger partial charge in [-0.25, -0.2) is 0 Å². The third-order valence-electron chi connectivity index (χ3n) is 4.02. The second-order valence-electron chi connectivity index (χ2n) is 5.89. The Labute approximate surface area is 124 Å². The summed E-state index contributed by atoms with van der Waals surface area (Å²) < 4.78 is 3.03. The molecule has 4 heteroatoms. The monoisotopic (exact) mass is 326 g/mol. The highest BCUT2D eigenvalue weighted by Gasteiger charge is 2.31. The molecule has 0 bridgehead atoms. The molecule has 0 spiro atoms. The summed E-state index contributed by atoms with van der Waals surface area (Å²) in [5.74, 6) is 0.166. The smallest absolute Gasteiger partial charge is 0.271 e. The maximum atomic E-state index is 12.8. The highest BCUT2D eigenvalue weighted by atomic mass is 79.9. The van der Waals surface area contributed by atoms with E-state index in [0.29, 0.717) is 18.1 Å². The van der Waals surface area contributed by atoms with Crippen LogP contribution < -0.4 is 0 Å². The van der Waals surface area contributed by atoms with Gasteiger partial charge in [0.05, 0.1) is 0 Å². The highest BCUT2D eigenvalue weighted by molar-refractivity contribution is 9.10. The van der Waals surface area contributed by atoms with Gasteiger partial charge in [0, 0.05) is 28.8 Å². The summed E-state index contributed by atoms with van der Waals surface area (Å²) in [5.41, 5.74) is 0.794. The van der Waals surface area contributed by atoms with Gasteiger partial charge in [-0.3, -0.25) is 4.79 Å². The number of carbonyl (C=O) groups excluding carboxylic acids is 1. The van der Waals surface area contributed by atoms with Gasteiger partial charge in [0.25, 0.3) is 5.91 Å². The fourth-order valence-corrected chi connectivity index (χ4v) is 3.44. The van der Waals surface area contributed by atoms with Crippen LogP contribution in [0, 0.1) is 0 Å². The lowest BCUT2D eigenvalue weighted by Crippen LogP contribution is -2.48. The van der Waals surface area contributed by atoms with E-state index >= 15 is 0 Å². The maximum absolute atomic E-state index is 12.8. The average Bonchev–Trinajstić information content (AvgIpc) is 2.71. The van der Waals surface area contributed by atoms with Gasteiger partial charge in [0.2, 0.25) is 0 Å². The first-order valence-corrected chi connectivity index (χ1v) is 7.91. The Morgan fingerprint density at radius 2 is 1.89 bits per heavy atom. The van der Waals surface area contributed by atoms with Crippen LogP contribution in [-0.2, 0) is 0 Å². The first kappa shape index (κ1) is 14.6. The molecule has 106 valence electrons. The molecule has 0 aromatic carbocycles. The van der Waals surface area contributed by atoms with Crippen molar-refractivity contribution < 1.29 is 4.79 Å². The number of carbonyl (C=O) groups is 1. The molecule has 19 heavy (non-hydrogen) atoms. The Balaban J connectivity index is 2.33. The van der Waals surface area contributed by atoms with Crippen LogP contribution >= 0.6 is 15.9 Å². The first-order chi connectivity index (χ1) is 8.91. The third kappa shape index (κ3) is 2.88. The Hall–Kier alpha value is -0.770. The molecular weight excluding hydrogens is 304 g/mol. The van der Waals surface area contributed by atoms with Crippen molar-refractivity contribution in [3.63, 3.8) is 0 Å². The van der Waals surface area contributed by atoms with Crippen LogP contribution in [0.3, 0.4) is 0 Å². The van der Waals surface area contributed by atoms with Crippen molar-refractivity contribution in [2.45, 2.75) is 65.1 Å². The molecule has 2 atom stereocenters. The largest absolute Gasteiger partial charge is 0.340 e. The first-order valence-electron chi connectivity index (χ1n) is 7.12. The number of aromatic nitrogens is 1. The second-order valence-corrected chi connectivity index (χ2v) is 6.80. The number of amides is 1. The minimum Gasteiger partial charge on any atom is -0.340 e. The van der Waals surface area contributed by atoms with E-state index in [1.165, 1.54) is 6.42 Å². The van der Waals surface area contributed by atoms with Gasteiger partial charge in [0.15, 0.2) is 0 Å². The quantitative estimate of drug-likeness (QED) is 0.798. The molecule has 0 saturated carbocycles. The van der Waals surface area contributed by atoms with Gasteiger partial charge in [-0.1, -0.05) is 0 Å². The molecule has 1 aliphatic rings. The highest BCUT2D eigenvalue weighted by Crippen LogP contribution is 2.27. The van der Waals surface area contributed by atoms with E-state index in [2.05, 4.69) is 53.1 Å². The predicted molar refractivity (Wildman–Crippen MR) is 81.5 cm³/mol. The zero-order valence-corrected chi connectivity index (χ0v) is 13.8. The van der Waals surface area contributed by atoms with Crippen LogP contribution in [0.25, 0.3) is 0 Å². The second kappa shape index (κ2) is 5.70. The van der Waals surface area contributed by atoms with Crippen molar-refractivity contribution >= 4 is 21.8 Å². The summed E-state index contributed by atoms with van der Waals surface area (Å²) in [4.78, 5) is 14.9. The van der Waals surface area contributed by atoms with Gasteiger partial charge in [-0.2, -0.15) is 0 Å². The van der Waals surface area contributed by atoms with Gasteiger partial charge in [-0.05, 0) is 69.0 Å². The molecule has 1 amide bonds. The summed E-state index contributed by atoms with van der Waals surface area (Å²) in [6, 6.07) is 2.91. The van der Waals surface area contributed by atoms with E-state index in [0.717, 1.165) is 23.0 Å². The molecular formula is C15H23BrN2O. The molecule has 1 aliphatic heterocycles. The molecule has 0 unspecified atom stereocenters. The van der Waals surface area contributed by atoms with Crippen LogP contribution in [0.4, 0.5) is 0 Å². The van der Waals surface area contributed by atoms with Crippen LogP contribution in [0.1, 0.15) is 63.5 Å². The third-order valence-corrected chi connectivity index (χ3v) is 4.45. The molecule has 1 aromatic rings. The molecule has 3 nitrogen and oxygen atoms in total. The van der Waals surface area contributed by atoms with E-state index in [9.17, 15) is 4.79 Å². The van der Waals surface area contributed by atoms with E-state index in [-0.39, 0.29) is 5.91 Å². The molecule has 1 saturated heterocycles. The average molecular weight is 327 g/mol. The lowest BCUT2D eigenvalue weighted by Gasteiger charge is -2.39. The molecule has 0 aliphatic carbocycles. The number of halogens is 1. The Morgan fingerprint density at radius 1 is 1.32 bits per heavy atom. The van der Waals surface area contributed by atoms with Crippen LogP contribution in [0.5, 0.6) is 0 Å². The van der Waals surface area contributed by atoms with Crippen molar-refractivity contribution in [1.82, 2.24) is 9.47 Å². The number of likely N-dealkylation sites (tertiary alicyclic amines) is 1. The minimum atomic E-state index is 0.166. The SMILES string of the molecule is CC(C)n1cc(Br)cc1C(=O)N1[C@H](C)CCC[C@@H]1C. The van der Waals surface area contributed by atoms with Gasteiger partial charge in [-0.15, -0.1) is 0 Å². The standard InChI is InChI=1S/C15H23BrN2O/c1-10(2)17-9-13(16)8-14(17)15(19)18-11(3)6-5-7-12(18)4/h8-12H,5-7H2,1-4H3/t11-,12+. The molecule has 2 rings (SSSR count). The summed E-state index contributed by atoms with van der Waals surface area (Å²) in [5, 5.41) is 0. The molecule has 0 radical (unpaired) electrons. The van der Waals surface area contributed by atoms with Crippen molar-refractivity contribution in [1.29, 1.82) is 0 Å². The number of nitrogens with zero attached hydrogens (tertiary/aromatic N) is 2. The lowest BCUT2D eigenvalue weighted by atomic mass is 9.97. The van der Waals surface area contributed by atoms with Crippen LogP contribution in [0.2, 0.25) is 0 Å². The van der Waals surface area contributed by atoms with Crippen molar-refractivity contribution in [3.8, 4) is 0 Å². The molecule has 1 fully saturated rings. The normalized spacial score (nSPS) is 24.0. The summed E-state index contributed by atoms with van der Waals surface area (Å²) >= 11 is 3.48.